The number of alkyl halides is 1. The first kappa shape index (κ1) is 22.4. The van der Waals surface area contributed by atoms with Crippen molar-refractivity contribution in [2.75, 3.05) is 40.8 Å². The van der Waals surface area contributed by atoms with Gasteiger partial charge in [0.05, 0.1) is 12.8 Å². The molecule has 5 heteroatoms. The first-order valence-electron chi connectivity index (χ1n) is 12.4. The average Bonchev–Trinajstić information content (AvgIpc) is 3.13. The summed E-state index contributed by atoms with van der Waals surface area (Å²) in [4.78, 5) is 4.78. The van der Waals surface area contributed by atoms with Gasteiger partial charge in [0.15, 0.2) is 0 Å². The second-order valence-corrected chi connectivity index (χ2v) is 9.94. The maximum atomic E-state index is 15.4. The summed E-state index contributed by atoms with van der Waals surface area (Å²) in [5, 5.41) is 1.23. The van der Waals surface area contributed by atoms with Crippen molar-refractivity contribution in [2.45, 2.75) is 50.9 Å². The van der Waals surface area contributed by atoms with Gasteiger partial charge in [-0.2, -0.15) is 0 Å². The first-order chi connectivity index (χ1) is 16.1. The Bertz CT molecular complexity index is 1120. The minimum atomic E-state index is -0.766. The van der Waals surface area contributed by atoms with E-state index in [9.17, 15) is 0 Å². The normalized spacial score (nSPS) is 21.5. The molecular weight excluding hydrogens is 413 g/mol. The molecule has 0 saturated heterocycles. The molecule has 3 aromatic rings. The maximum absolute atomic E-state index is 15.4. The number of nitrogens with zero attached hydrogens (tertiary/aromatic N) is 3. The van der Waals surface area contributed by atoms with Crippen LogP contribution in [0.3, 0.4) is 0 Å². The van der Waals surface area contributed by atoms with Gasteiger partial charge in [-0.15, -0.1) is 0 Å². The third kappa shape index (κ3) is 4.29. The number of benzene rings is 2. The van der Waals surface area contributed by atoms with Gasteiger partial charge in [0.1, 0.15) is 11.9 Å². The smallest absolute Gasteiger partial charge is 0.119 e. The lowest BCUT2D eigenvalue weighted by atomic mass is 9.80. The number of fused-ring (bicyclic) bond motifs is 5. The van der Waals surface area contributed by atoms with E-state index in [0.29, 0.717) is 6.42 Å². The lowest BCUT2D eigenvalue weighted by molar-refractivity contribution is 0.216. The zero-order chi connectivity index (χ0) is 22.9. The van der Waals surface area contributed by atoms with Crippen LogP contribution in [0.5, 0.6) is 5.75 Å². The van der Waals surface area contributed by atoms with Gasteiger partial charge in [0, 0.05) is 55.1 Å². The van der Waals surface area contributed by atoms with Crippen LogP contribution >= 0.6 is 0 Å². The van der Waals surface area contributed by atoms with E-state index in [4.69, 9.17) is 4.74 Å². The number of methoxy groups -OCH3 is 1. The molecule has 2 atom stereocenters. The van der Waals surface area contributed by atoms with Crippen LogP contribution in [-0.2, 0) is 13.1 Å². The van der Waals surface area contributed by atoms with Gasteiger partial charge in [-0.1, -0.05) is 31.0 Å². The molecule has 2 heterocycles. The summed E-state index contributed by atoms with van der Waals surface area (Å²) >= 11 is 0. The van der Waals surface area contributed by atoms with Gasteiger partial charge in [0.2, 0.25) is 0 Å². The SMILES string of the molecule is COc1ccc2c(c1)CN(CCN(C)C)CCn1c-2c(C2CCCCC2F)c2ccccc21. The van der Waals surface area contributed by atoms with Crippen LogP contribution in [0.4, 0.5) is 4.39 Å². The van der Waals surface area contributed by atoms with Crippen LogP contribution in [0, 0.1) is 0 Å². The molecule has 0 N–H and O–H groups in total. The molecule has 0 bridgehead atoms. The Morgan fingerprint density at radius 1 is 1.06 bits per heavy atom. The third-order valence-electron chi connectivity index (χ3n) is 7.53. The summed E-state index contributed by atoms with van der Waals surface area (Å²) in [6.07, 6.45) is 2.95. The Morgan fingerprint density at radius 3 is 2.67 bits per heavy atom. The Labute approximate surface area is 196 Å². The molecule has 5 rings (SSSR count). The Kier molecular flexibility index (Phi) is 6.44. The van der Waals surface area contributed by atoms with Crippen molar-refractivity contribution in [2.24, 2.45) is 0 Å². The van der Waals surface area contributed by atoms with E-state index >= 15 is 4.39 Å². The van der Waals surface area contributed by atoms with Gasteiger partial charge < -0.3 is 14.2 Å². The zero-order valence-corrected chi connectivity index (χ0v) is 20.2. The van der Waals surface area contributed by atoms with E-state index < -0.39 is 6.17 Å². The van der Waals surface area contributed by atoms with Gasteiger partial charge >= 0.3 is 0 Å². The molecule has 4 nitrogen and oxygen atoms in total. The standard InChI is InChI=1S/C28H36FN3O/c1-30(2)14-15-31-16-17-32-26-11-7-5-9-24(26)27(23-8-4-6-10-25(23)29)28(32)22-13-12-21(33-3)18-20(22)19-31/h5,7,9,11-13,18,23,25H,4,6,8,10,14-17,19H2,1-3H3. The highest BCUT2D eigenvalue weighted by Gasteiger charge is 2.34. The summed E-state index contributed by atoms with van der Waals surface area (Å²) in [7, 11) is 5.98. The molecule has 2 unspecified atom stereocenters. The molecule has 1 aliphatic carbocycles. The summed E-state index contributed by atoms with van der Waals surface area (Å²) < 4.78 is 23.5. The van der Waals surface area contributed by atoms with Crippen molar-refractivity contribution in [1.29, 1.82) is 0 Å². The van der Waals surface area contributed by atoms with Gasteiger partial charge in [-0.3, -0.25) is 4.90 Å². The fourth-order valence-corrected chi connectivity index (χ4v) is 5.79. The second kappa shape index (κ2) is 9.47. The molecule has 176 valence electrons. The molecule has 1 saturated carbocycles. The Hall–Kier alpha value is -2.37. The minimum absolute atomic E-state index is 0.0286. The van der Waals surface area contributed by atoms with E-state index in [1.807, 2.05) is 0 Å². The number of halogens is 1. The Balaban J connectivity index is 1.71. The number of para-hydroxylation sites is 1. The predicted octanol–water partition coefficient (Wildman–Crippen LogP) is 5.69. The monoisotopic (exact) mass is 449 g/mol. The molecule has 1 fully saturated rings. The highest BCUT2D eigenvalue weighted by molar-refractivity contribution is 5.93. The van der Waals surface area contributed by atoms with E-state index in [2.05, 4.69) is 70.9 Å². The zero-order valence-electron chi connectivity index (χ0n) is 20.2. The number of rotatable bonds is 5. The molecule has 1 aromatic heterocycles. The molecule has 0 amide bonds. The molecule has 2 aromatic carbocycles. The average molecular weight is 450 g/mol. The fraction of sp³-hybridized carbons (Fsp3) is 0.500. The maximum Gasteiger partial charge on any atom is 0.119 e. The number of hydrogen-bond donors (Lipinski definition) is 0. The quantitative estimate of drug-likeness (QED) is 0.499. The van der Waals surface area contributed by atoms with Gasteiger partial charge in [0.25, 0.3) is 0 Å². The van der Waals surface area contributed by atoms with E-state index in [-0.39, 0.29) is 5.92 Å². The van der Waals surface area contributed by atoms with Crippen LogP contribution in [0.15, 0.2) is 42.5 Å². The topological polar surface area (TPSA) is 20.6 Å². The lowest BCUT2D eigenvalue weighted by Gasteiger charge is -2.31. The van der Waals surface area contributed by atoms with E-state index in [0.717, 1.165) is 57.7 Å². The molecule has 2 aliphatic rings. The number of likely N-dealkylation sites (N-methyl/N-ethyl adjacent to an activating group) is 1. The van der Waals surface area contributed by atoms with Crippen molar-refractivity contribution < 1.29 is 9.13 Å². The summed E-state index contributed by atoms with van der Waals surface area (Å²) in [6.45, 7) is 4.80. The van der Waals surface area contributed by atoms with Crippen LogP contribution in [0.25, 0.3) is 22.2 Å². The van der Waals surface area contributed by atoms with Crippen LogP contribution in [0.2, 0.25) is 0 Å². The number of ether oxygens (including phenoxy) is 1. The van der Waals surface area contributed by atoms with Gasteiger partial charge in [-0.25, -0.2) is 4.39 Å². The van der Waals surface area contributed by atoms with Crippen molar-refractivity contribution in [3.8, 4) is 17.0 Å². The van der Waals surface area contributed by atoms with Crippen LogP contribution in [-0.4, -0.2) is 61.4 Å². The van der Waals surface area contributed by atoms with Crippen molar-refractivity contribution >= 4 is 10.9 Å². The first-order valence-corrected chi connectivity index (χ1v) is 12.4. The van der Waals surface area contributed by atoms with Crippen molar-refractivity contribution in [1.82, 2.24) is 14.4 Å². The summed E-state index contributed by atoms with van der Waals surface area (Å²) in [6, 6.07) is 15.1. The third-order valence-corrected chi connectivity index (χ3v) is 7.53. The molecule has 0 radical (unpaired) electrons. The largest absolute Gasteiger partial charge is 0.497 e. The fourth-order valence-electron chi connectivity index (χ4n) is 5.79. The second-order valence-electron chi connectivity index (χ2n) is 9.94. The Morgan fingerprint density at radius 2 is 1.88 bits per heavy atom. The number of hydrogen-bond acceptors (Lipinski definition) is 3. The van der Waals surface area contributed by atoms with Crippen LogP contribution < -0.4 is 4.74 Å². The van der Waals surface area contributed by atoms with Gasteiger partial charge in [-0.05, 0) is 62.3 Å². The van der Waals surface area contributed by atoms with Crippen molar-refractivity contribution in [3.63, 3.8) is 0 Å². The molecule has 0 spiro atoms. The summed E-state index contributed by atoms with van der Waals surface area (Å²) in [5.41, 5.74) is 6.19. The lowest BCUT2D eigenvalue weighted by Crippen LogP contribution is -2.35. The number of aromatic nitrogens is 1. The van der Waals surface area contributed by atoms with E-state index in [1.54, 1.807) is 7.11 Å². The minimum Gasteiger partial charge on any atom is -0.497 e. The highest BCUT2D eigenvalue weighted by Crippen LogP contribution is 2.46. The highest BCUT2D eigenvalue weighted by atomic mass is 19.1. The molecular formula is C28H36FN3O. The summed E-state index contributed by atoms with van der Waals surface area (Å²) in [5.74, 6) is 0.853. The molecule has 1 aliphatic heterocycles. The molecule has 33 heavy (non-hydrogen) atoms. The predicted molar refractivity (Wildman–Crippen MR) is 134 cm³/mol. The van der Waals surface area contributed by atoms with Crippen LogP contribution in [0.1, 0.15) is 42.7 Å². The van der Waals surface area contributed by atoms with E-state index in [1.165, 1.54) is 33.3 Å². The van der Waals surface area contributed by atoms with Crippen molar-refractivity contribution in [3.05, 3.63) is 53.6 Å².